The van der Waals surface area contributed by atoms with Gasteiger partial charge in [-0.3, -0.25) is 0 Å². The summed E-state index contributed by atoms with van der Waals surface area (Å²) in [6.07, 6.45) is -1.60. The molecule has 2 aromatic rings. The Kier molecular flexibility index (Phi) is 3.60. The third-order valence-electron chi connectivity index (χ3n) is 2.37. The Bertz CT molecular complexity index is 651. The molecule has 0 saturated heterocycles. The topological polar surface area (TPSA) is 90.9 Å². The standard InChI is InChI=1S/C9H10F2N4O3S/c1-15-8(9(10)11)7(12-14-15)5-19(16,17)4-6-2-3-18-13-6/h2-3,9H,4-5H2,1H3. The van der Waals surface area contributed by atoms with Gasteiger partial charge in [0.25, 0.3) is 6.43 Å². The molecular weight excluding hydrogens is 282 g/mol. The number of aryl methyl sites for hydroxylation is 1. The molecule has 2 rings (SSSR count). The number of hydrogen-bond acceptors (Lipinski definition) is 6. The molecule has 0 aromatic carbocycles. The van der Waals surface area contributed by atoms with Crippen molar-refractivity contribution in [3.05, 3.63) is 29.4 Å². The first-order valence-corrected chi connectivity index (χ1v) is 6.97. The largest absolute Gasteiger partial charge is 0.364 e. The molecular formula is C9H10F2N4O3S. The van der Waals surface area contributed by atoms with E-state index < -0.39 is 33.5 Å². The number of halogens is 2. The summed E-state index contributed by atoms with van der Waals surface area (Å²) in [4.78, 5) is 0. The minimum absolute atomic E-state index is 0.211. The molecule has 0 unspecified atom stereocenters. The number of hydrogen-bond donors (Lipinski definition) is 0. The van der Waals surface area contributed by atoms with E-state index in [2.05, 4.69) is 20.0 Å². The van der Waals surface area contributed by atoms with Crippen molar-refractivity contribution in [2.24, 2.45) is 7.05 Å². The lowest BCUT2D eigenvalue weighted by molar-refractivity contribution is 0.140. The van der Waals surface area contributed by atoms with Gasteiger partial charge in [0.1, 0.15) is 17.7 Å². The van der Waals surface area contributed by atoms with Crippen LogP contribution in [0.15, 0.2) is 16.9 Å². The van der Waals surface area contributed by atoms with Crippen LogP contribution in [0.5, 0.6) is 0 Å². The van der Waals surface area contributed by atoms with Gasteiger partial charge in [-0.25, -0.2) is 21.9 Å². The van der Waals surface area contributed by atoms with Crippen molar-refractivity contribution in [1.29, 1.82) is 0 Å². The third-order valence-corrected chi connectivity index (χ3v) is 3.82. The maximum Gasteiger partial charge on any atom is 0.281 e. The highest BCUT2D eigenvalue weighted by Crippen LogP contribution is 2.22. The Labute approximate surface area is 107 Å². The normalized spacial score (nSPS) is 12.2. The second-order valence-corrected chi connectivity index (χ2v) is 5.93. The van der Waals surface area contributed by atoms with Gasteiger partial charge in [0.15, 0.2) is 9.84 Å². The molecule has 0 aliphatic carbocycles. The summed E-state index contributed by atoms with van der Waals surface area (Å²) >= 11 is 0. The van der Waals surface area contributed by atoms with E-state index in [1.165, 1.54) is 19.4 Å². The predicted molar refractivity (Wildman–Crippen MR) is 58.8 cm³/mol. The zero-order valence-electron chi connectivity index (χ0n) is 9.82. The lowest BCUT2D eigenvalue weighted by Crippen LogP contribution is -2.10. The lowest BCUT2D eigenvalue weighted by Gasteiger charge is -2.03. The van der Waals surface area contributed by atoms with Gasteiger partial charge < -0.3 is 4.52 Å². The molecule has 104 valence electrons. The molecule has 0 N–H and O–H groups in total. The Morgan fingerprint density at radius 3 is 2.74 bits per heavy atom. The highest BCUT2D eigenvalue weighted by Gasteiger charge is 2.25. The van der Waals surface area contributed by atoms with Gasteiger partial charge in [0, 0.05) is 13.1 Å². The highest BCUT2D eigenvalue weighted by molar-refractivity contribution is 7.89. The van der Waals surface area contributed by atoms with Crippen LogP contribution in [0, 0.1) is 0 Å². The first kappa shape index (κ1) is 13.6. The Morgan fingerprint density at radius 2 is 2.16 bits per heavy atom. The SMILES string of the molecule is Cn1nnc(CS(=O)(=O)Cc2ccon2)c1C(F)F. The minimum Gasteiger partial charge on any atom is -0.364 e. The summed E-state index contributed by atoms with van der Waals surface area (Å²) in [5, 5.41) is 10.3. The van der Waals surface area contributed by atoms with Gasteiger partial charge >= 0.3 is 0 Å². The van der Waals surface area contributed by atoms with Crippen LogP contribution in [0.3, 0.4) is 0 Å². The van der Waals surface area contributed by atoms with E-state index in [9.17, 15) is 17.2 Å². The quantitative estimate of drug-likeness (QED) is 0.811. The van der Waals surface area contributed by atoms with Crippen molar-refractivity contribution in [3.63, 3.8) is 0 Å². The number of sulfone groups is 1. The van der Waals surface area contributed by atoms with E-state index in [-0.39, 0.29) is 11.4 Å². The number of alkyl halides is 2. The molecule has 10 heteroatoms. The van der Waals surface area contributed by atoms with Crippen LogP contribution >= 0.6 is 0 Å². The fourth-order valence-electron chi connectivity index (χ4n) is 1.57. The van der Waals surface area contributed by atoms with Crippen LogP contribution in [0.4, 0.5) is 8.78 Å². The molecule has 0 atom stereocenters. The summed E-state index contributed by atoms with van der Waals surface area (Å²) in [6, 6.07) is 1.39. The van der Waals surface area contributed by atoms with Gasteiger partial charge in [-0.05, 0) is 0 Å². The van der Waals surface area contributed by atoms with Crippen LogP contribution in [0.25, 0.3) is 0 Å². The van der Waals surface area contributed by atoms with Crippen LogP contribution in [0.1, 0.15) is 23.5 Å². The minimum atomic E-state index is -3.67. The summed E-state index contributed by atoms with van der Waals surface area (Å²) in [5.41, 5.74) is -0.535. The monoisotopic (exact) mass is 292 g/mol. The van der Waals surface area contributed by atoms with Crippen molar-refractivity contribution in [3.8, 4) is 0 Å². The number of rotatable bonds is 5. The first-order valence-electron chi connectivity index (χ1n) is 5.15. The van der Waals surface area contributed by atoms with Crippen molar-refractivity contribution in [2.75, 3.05) is 0 Å². The molecule has 0 spiro atoms. The fraction of sp³-hybridized carbons (Fsp3) is 0.444. The van der Waals surface area contributed by atoms with Gasteiger partial charge in [0.05, 0.1) is 17.2 Å². The predicted octanol–water partition coefficient (Wildman–Crippen LogP) is 0.856. The van der Waals surface area contributed by atoms with Gasteiger partial charge in [-0.2, -0.15) is 0 Å². The Morgan fingerprint density at radius 1 is 1.42 bits per heavy atom. The maximum absolute atomic E-state index is 12.8. The maximum atomic E-state index is 12.8. The van der Waals surface area contributed by atoms with Crippen LogP contribution < -0.4 is 0 Å². The molecule has 7 nitrogen and oxygen atoms in total. The van der Waals surface area contributed by atoms with Crippen molar-refractivity contribution in [1.82, 2.24) is 20.2 Å². The molecule has 0 aliphatic heterocycles. The molecule has 19 heavy (non-hydrogen) atoms. The molecule has 2 aromatic heterocycles. The van der Waals surface area contributed by atoms with Gasteiger partial charge in [0.2, 0.25) is 0 Å². The fourth-order valence-corrected chi connectivity index (χ4v) is 2.90. The zero-order chi connectivity index (χ0) is 14.0. The number of nitrogens with zero attached hydrogens (tertiary/aromatic N) is 4. The van der Waals surface area contributed by atoms with Gasteiger partial charge in [-0.15, -0.1) is 5.10 Å². The Balaban J connectivity index is 2.21. The summed E-state index contributed by atoms with van der Waals surface area (Å²) < 4.78 is 54.6. The van der Waals surface area contributed by atoms with Crippen molar-refractivity contribution >= 4 is 9.84 Å². The average molecular weight is 292 g/mol. The molecule has 0 bridgehead atoms. The second kappa shape index (κ2) is 5.03. The number of aromatic nitrogens is 4. The molecule has 0 fully saturated rings. The first-order chi connectivity index (χ1) is 8.89. The Hall–Kier alpha value is -1.84. The van der Waals surface area contributed by atoms with E-state index in [4.69, 9.17) is 0 Å². The smallest absolute Gasteiger partial charge is 0.281 e. The molecule has 0 amide bonds. The molecule has 0 aliphatic rings. The zero-order valence-corrected chi connectivity index (χ0v) is 10.6. The third kappa shape index (κ3) is 3.13. The second-order valence-electron chi connectivity index (χ2n) is 3.87. The van der Waals surface area contributed by atoms with E-state index in [1.54, 1.807) is 0 Å². The summed E-state index contributed by atoms with van der Waals surface area (Å²) in [6.45, 7) is 0. The lowest BCUT2D eigenvalue weighted by atomic mass is 10.3. The van der Waals surface area contributed by atoms with E-state index in [1.807, 2.05) is 0 Å². The average Bonchev–Trinajstić information content (AvgIpc) is 2.87. The van der Waals surface area contributed by atoms with Crippen molar-refractivity contribution in [2.45, 2.75) is 17.9 Å². The molecule has 0 radical (unpaired) electrons. The van der Waals surface area contributed by atoms with Crippen molar-refractivity contribution < 1.29 is 21.7 Å². The molecule has 2 heterocycles. The van der Waals surface area contributed by atoms with E-state index in [0.717, 1.165) is 4.68 Å². The highest BCUT2D eigenvalue weighted by atomic mass is 32.2. The van der Waals surface area contributed by atoms with E-state index >= 15 is 0 Å². The summed E-state index contributed by atoms with van der Waals surface area (Å²) in [7, 11) is -2.39. The van der Waals surface area contributed by atoms with Crippen LogP contribution in [-0.2, 0) is 28.4 Å². The summed E-state index contributed by atoms with van der Waals surface area (Å²) in [5.74, 6) is -1.02. The van der Waals surface area contributed by atoms with Crippen LogP contribution in [-0.4, -0.2) is 28.6 Å². The van der Waals surface area contributed by atoms with E-state index in [0.29, 0.717) is 0 Å². The van der Waals surface area contributed by atoms with Crippen LogP contribution in [0.2, 0.25) is 0 Å². The molecule has 0 saturated carbocycles. The van der Waals surface area contributed by atoms with Gasteiger partial charge in [-0.1, -0.05) is 10.4 Å².